The van der Waals surface area contributed by atoms with Crippen LogP contribution in [-0.4, -0.2) is 44.4 Å². The third kappa shape index (κ3) is 6.19. The van der Waals surface area contributed by atoms with Gasteiger partial charge in [-0.25, -0.2) is 0 Å². The highest BCUT2D eigenvalue weighted by molar-refractivity contribution is 5.30. The van der Waals surface area contributed by atoms with Crippen LogP contribution in [0, 0.1) is 11.8 Å². The molecule has 0 saturated carbocycles. The Morgan fingerprint density at radius 3 is 2.00 bits per heavy atom. The second-order valence-corrected chi connectivity index (χ2v) is 5.75. The van der Waals surface area contributed by atoms with E-state index in [2.05, 4.69) is 41.0 Å². The van der Waals surface area contributed by atoms with Crippen LogP contribution in [0.4, 0.5) is 0 Å². The summed E-state index contributed by atoms with van der Waals surface area (Å²) in [5.74, 6) is 6.36. The molecule has 1 aliphatic rings. The van der Waals surface area contributed by atoms with Crippen LogP contribution in [0.3, 0.4) is 0 Å². The molecule has 3 nitrogen and oxygen atoms in total. The quantitative estimate of drug-likeness (QED) is 0.711. The van der Waals surface area contributed by atoms with E-state index in [1.54, 1.807) is 0 Å². The minimum atomic E-state index is -0.0786. The molecule has 1 saturated heterocycles. The fourth-order valence-corrected chi connectivity index (χ4v) is 2.74. The standard InChI is InChI=1S/C21H23NO2.ClH/c1-3-9-19(10-4-1)21(20-11-5-2-6-12-20)24-16-8-7-13-22-14-17-23-18-15-22;/h1-6,9-12,21H,13-18H2;1H/p-1. The van der Waals surface area contributed by atoms with Crippen LogP contribution in [0.15, 0.2) is 60.7 Å². The molecule has 0 aliphatic carbocycles. The summed E-state index contributed by atoms with van der Waals surface area (Å²) in [5, 5.41) is 0. The molecule has 1 heterocycles. The summed E-state index contributed by atoms with van der Waals surface area (Å²) in [5.41, 5.74) is 2.30. The van der Waals surface area contributed by atoms with Crippen LogP contribution >= 0.6 is 0 Å². The first-order valence-electron chi connectivity index (χ1n) is 8.41. The fraction of sp³-hybridized carbons (Fsp3) is 0.333. The van der Waals surface area contributed by atoms with Gasteiger partial charge in [-0.2, -0.15) is 0 Å². The van der Waals surface area contributed by atoms with Crippen molar-refractivity contribution in [3.05, 3.63) is 71.8 Å². The number of morpholine rings is 1. The smallest absolute Gasteiger partial charge is 0.109 e. The molecule has 0 aromatic heterocycles. The first kappa shape index (κ1) is 19.5. The second-order valence-electron chi connectivity index (χ2n) is 5.75. The molecule has 0 radical (unpaired) electrons. The second kappa shape index (κ2) is 10.9. The van der Waals surface area contributed by atoms with Gasteiger partial charge in [0.1, 0.15) is 12.7 Å². The van der Waals surface area contributed by atoms with E-state index in [1.165, 1.54) is 0 Å². The van der Waals surface area contributed by atoms with Crippen molar-refractivity contribution in [2.45, 2.75) is 6.10 Å². The molecule has 0 atom stereocenters. The van der Waals surface area contributed by atoms with Crippen molar-refractivity contribution < 1.29 is 21.9 Å². The third-order valence-corrected chi connectivity index (χ3v) is 4.06. The molecule has 0 N–H and O–H groups in total. The summed E-state index contributed by atoms with van der Waals surface area (Å²) < 4.78 is 11.4. The van der Waals surface area contributed by atoms with Crippen molar-refractivity contribution >= 4 is 0 Å². The lowest BCUT2D eigenvalue weighted by molar-refractivity contribution is -0.00000702. The number of nitrogens with zero attached hydrogens (tertiary/aromatic N) is 1. The highest BCUT2D eigenvalue weighted by Gasteiger charge is 2.13. The molecule has 1 fully saturated rings. The Morgan fingerprint density at radius 1 is 0.880 bits per heavy atom. The van der Waals surface area contributed by atoms with Crippen LogP contribution < -0.4 is 12.4 Å². The van der Waals surface area contributed by atoms with Gasteiger partial charge < -0.3 is 21.9 Å². The Morgan fingerprint density at radius 2 is 1.44 bits per heavy atom. The molecule has 25 heavy (non-hydrogen) atoms. The Balaban J connectivity index is 0.00000225. The number of benzene rings is 2. The average Bonchev–Trinajstić information content (AvgIpc) is 2.67. The lowest BCUT2D eigenvalue weighted by Gasteiger charge is -2.24. The Hall–Kier alpha value is -1.83. The largest absolute Gasteiger partial charge is 1.00 e. The van der Waals surface area contributed by atoms with Gasteiger partial charge in [-0.15, -0.1) is 0 Å². The normalized spacial score (nSPS) is 14.4. The number of hydrogen-bond acceptors (Lipinski definition) is 3. The summed E-state index contributed by atoms with van der Waals surface area (Å²) >= 11 is 0. The zero-order valence-electron chi connectivity index (χ0n) is 14.2. The first-order valence-corrected chi connectivity index (χ1v) is 8.41. The molecule has 2 aromatic carbocycles. The monoisotopic (exact) mass is 356 g/mol. The van der Waals surface area contributed by atoms with Crippen molar-refractivity contribution in [2.75, 3.05) is 39.5 Å². The van der Waals surface area contributed by atoms with Gasteiger partial charge >= 0.3 is 0 Å². The van der Waals surface area contributed by atoms with Gasteiger partial charge in [0.2, 0.25) is 0 Å². The van der Waals surface area contributed by atoms with E-state index < -0.39 is 0 Å². The number of ether oxygens (including phenoxy) is 2. The average molecular weight is 357 g/mol. The van der Waals surface area contributed by atoms with Crippen molar-refractivity contribution in [1.29, 1.82) is 0 Å². The van der Waals surface area contributed by atoms with Gasteiger partial charge in [0.15, 0.2) is 0 Å². The van der Waals surface area contributed by atoms with Crippen LogP contribution in [-0.2, 0) is 9.47 Å². The molecule has 0 amide bonds. The van der Waals surface area contributed by atoms with Gasteiger partial charge in [0.25, 0.3) is 0 Å². The van der Waals surface area contributed by atoms with Gasteiger partial charge in [-0.05, 0) is 11.1 Å². The molecule has 0 bridgehead atoms. The summed E-state index contributed by atoms with van der Waals surface area (Å²) in [6.07, 6.45) is -0.0786. The van der Waals surface area contributed by atoms with E-state index >= 15 is 0 Å². The molecule has 0 spiro atoms. The van der Waals surface area contributed by atoms with E-state index in [0.29, 0.717) is 6.61 Å². The zero-order chi connectivity index (χ0) is 16.5. The Labute approximate surface area is 156 Å². The highest BCUT2D eigenvalue weighted by atomic mass is 35.5. The number of halogens is 1. The maximum atomic E-state index is 6.09. The van der Waals surface area contributed by atoms with Gasteiger partial charge in [0, 0.05) is 13.1 Å². The van der Waals surface area contributed by atoms with E-state index in [1.807, 2.05) is 36.4 Å². The lowest BCUT2D eigenvalue weighted by atomic mass is 10.0. The van der Waals surface area contributed by atoms with E-state index in [9.17, 15) is 0 Å². The molecule has 1 aliphatic heterocycles. The number of hydrogen-bond donors (Lipinski definition) is 0. The van der Waals surface area contributed by atoms with Crippen LogP contribution in [0.5, 0.6) is 0 Å². The SMILES string of the molecule is C(#CCN1CCOCC1)COC(c1ccccc1)c1ccccc1.[Cl-]. The van der Waals surface area contributed by atoms with Crippen molar-refractivity contribution in [1.82, 2.24) is 4.90 Å². The van der Waals surface area contributed by atoms with E-state index in [-0.39, 0.29) is 18.5 Å². The van der Waals surface area contributed by atoms with Crippen molar-refractivity contribution in [3.8, 4) is 11.8 Å². The van der Waals surface area contributed by atoms with E-state index in [4.69, 9.17) is 9.47 Å². The lowest BCUT2D eigenvalue weighted by Crippen LogP contribution is -3.00. The summed E-state index contributed by atoms with van der Waals surface area (Å²) in [7, 11) is 0. The van der Waals surface area contributed by atoms with E-state index in [0.717, 1.165) is 44.0 Å². The summed E-state index contributed by atoms with van der Waals surface area (Å²) in [6, 6.07) is 20.6. The maximum absolute atomic E-state index is 6.09. The predicted octanol–water partition coefficient (Wildman–Crippen LogP) is 0.132. The fourth-order valence-electron chi connectivity index (χ4n) is 2.74. The van der Waals surface area contributed by atoms with Crippen LogP contribution in [0.25, 0.3) is 0 Å². The Bertz CT molecular complexity index is 621. The molecule has 0 unspecified atom stereocenters. The minimum absolute atomic E-state index is 0. The number of rotatable bonds is 5. The third-order valence-electron chi connectivity index (χ3n) is 4.06. The first-order chi connectivity index (χ1) is 11.9. The maximum Gasteiger partial charge on any atom is 0.109 e. The minimum Gasteiger partial charge on any atom is -1.00 e. The molecular weight excluding hydrogens is 334 g/mol. The summed E-state index contributed by atoms with van der Waals surface area (Å²) in [6.45, 7) is 4.76. The van der Waals surface area contributed by atoms with Crippen molar-refractivity contribution in [2.24, 2.45) is 0 Å². The molecule has 4 heteroatoms. The van der Waals surface area contributed by atoms with Crippen LogP contribution in [0.1, 0.15) is 17.2 Å². The summed E-state index contributed by atoms with van der Waals surface area (Å²) in [4.78, 5) is 2.31. The Kier molecular flexibility index (Phi) is 8.51. The van der Waals surface area contributed by atoms with Crippen LogP contribution in [0.2, 0.25) is 0 Å². The topological polar surface area (TPSA) is 21.7 Å². The van der Waals surface area contributed by atoms with Gasteiger partial charge in [-0.1, -0.05) is 72.5 Å². The van der Waals surface area contributed by atoms with Gasteiger partial charge in [0.05, 0.1) is 19.8 Å². The molecule has 3 rings (SSSR count). The van der Waals surface area contributed by atoms with Gasteiger partial charge in [-0.3, -0.25) is 4.90 Å². The van der Waals surface area contributed by atoms with Crippen molar-refractivity contribution in [3.63, 3.8) is 0 Å². The highest BCUT2D eigenvalue weighted by Crippen LogP contribution is 2.25. The molecular formula is C21H23ClNO2-. The molecule has 132 valence electrons. The molecule has 2 aromatic rings. The zero-order valence-corrected chi connectivity index (χ0v) is 15.0. The predicted molar refractivity (Wildman–Crippen MR) is 95.7 cm³/mol.